The van der Waals surface area contributed by atoms with Crippen molar-refractivity contribution in [3.05, 3.63) is 64.7 Å². The third-order valence-electron chi connectivity index (χ3n) is 7.04. The van der Waals surface area contributed by atoms with Crippen LogP contribution in [0.2, 0.25) is 5.02 Å². The Morgan fingerprint density at radius 2 is 1.71 bits per heavy atom. The Morgan fingerprint density at radius 1 is 1.06 bits per heavy atom. The summed E-state index contributed by atoms with van der Waals surface area (Å²) < 4.78 is 43.9. The van der Waals surface area contributed by atoms with E-state index in [1.807, 2.05) is 17.0 Å². The molecule has 1 aliphatic heterocycles. The van der Waals surface area contributed by atoms with Crippen LogP contribution in [0.15, 0.2) is 48.5 Å². The summed E-state index contributed by atoms with van der Waals surface area (Å²) in [6.07, 6.45) is -0.285. The Kier molecular flexibility index (Phi) is 7.43. The maximum atomic E-state index is 13.2. The molecular weight excluding hydrogens is 467 g/mol. The van der Waals surface area contributed by atoms with E-state index in [-0.39, 0.29) is 17.7 Å². The maximum absolute atomic E-state index is 13.2. The first-order chi connectivity index (χ1) is 16.1. The normalized spacial score (nSPS) is 25.7. The van der Waals surface area contributed by atoms with Crippen molar-refractivity contribution < 1.29 is 27.8 Å². The summed E-state index contributed by atoms with van der Waals surface area (Å²) in [5.74, 6) is 0.541. The lowest BCUT2D eigenvalue weighted by molar-refractivity contribution is -0.141. The van der Waals surface area contributed by atoms with E-state index in [1.165, 1.54) is 12.1 Å². The van der Waals surface area contributed by atoms with Gasteiger partial charge >= 0.3 is 6.18 Å². The molecule has 2 aliphatic rings. The lowest BCUT2D eigenvalue weighted by atomic mass is 9.74. The third-order valence-corrected chi connectivity index (χ3v) is 7.29. The van der Waals surface area contributed by atoms with Gasteiger partial charge in [0.05, 0.1) is 17.8 Å². The quantitative estimate of drug-likeness (QED) is 0.549. The van der Waals surface area contributed by atoms with E-state index in [0.717, 1.165) is 30.5 Å². The van der Waals surface area contributed by atoms with Crippen molar-refractivity contribution in [1.82, 2.24) is 4.90 Å². The molecule has 2 aromatic carbocycles. The fraction of sp³-hybridized carbons (Fsp3) is 0.500. The lowest BCUT2D eigenvalue weighted by Gasteiger charge is -2.39. The Labute approximate surface area is 202 Å². The first kappa shape index (κ1) is 24.9. The SMILES string of the molecule is O=C(C1CCC(O)(c2ccc(Cl)cc2)CC1)N1CCCC(COc2ccc(C(F)(F)F)cc2)C1. The summed E-state index contributed by atoms with van der Waals surface area (Å²) in [5, 5.41) is 11.7. The molecule has 1 saturated carbocycles. The molecule has 1 heterocycles. The zero-order valence-corrected chi connectivity index (χ0v) is 19.6. The van der Waals surface area contributed by atoms with Gasteiger partial charge in [-0.25, -0.2) is 0 Å². The molecule has 0 bridgehead atoms. The average Bonchev–Trinajstić information content (AvgIpc) is 2.83. The molecule has 1 saturated heterocycles. The molecule has 1 aliphatic carbocycles. The molecule has 1 amide bonds. The van der Waals surface area contributed by atoms with Gasteiger partial charge in [0.1, 0.15) is 5.75 Å². The summed E-state index contributed by atoms with van der Waals surface area (Å²) in [4.78, 5) is 15.1. The van der Waals surface area contributed by atoms with Crippen LogP contribution in [0.4, 0.5) is 13.2 Å². The fourth-order valence-electron chi connectivity index (χ4n) is 5.00. The lowest BCUT2D eigenvalue weighted by Crippen LogP contribution is -2.46. The Balaban J connectivity index is 1.28. The zero-order valence-electron chi connectivity index (χ0n) is 18.9. The number of piperidine rings is 1. The average molecular weight is 496 g/mol. The minimum Gasteiger partial charge on any atom is -0.493 e. The molecule has 1 unspecified atom stereocenters. The van der Waals surface area contributed by atoms with Crippen LogP contribution in [0, 0.1) is 11.8 Å². The molecule has 4 nitrogen and oxygen atoms in total. The van der Waals surface area contributed by atoms with Gasteiger partial charge in [-0.2, -0.15) is 13.2 Å². The third kappa shape index (κ3) is 5.87. The number of halogens is 4. The molecule has 0 spiro atoms. The number of rotatable bonds is 5. The van der Waals surface area contributed by atoms with Crippen molar-refractivity contribution in [2.45, 2.75) is 50.3 Å². The number of hydrogen-bond acceptors (Lipinski definition) is 3. The molecular formula is C26H29ClF3NO3. The predicted octanol–water partition coefficient (Wildman–Crippen LogP) is 6.05. The number of carbonyl (C=O) groups is 1. The van der Waals surface area contributed by atoms with Crippen molar-refractivity contribution in [2.75, 3.05) is 19.7 Å². The molecule has 184 valence electrons. The number of amides is 1. The first-order valence-electron chi connectivity index (χ1n) is 11.7. The van der Waals surface area contributed by atoms with E-state index in [9.17, 15) is 23.1 Å². The summed E-state index contributed by atoms with van der Waals surface area (Å²) in [5.41, 5.74) is -0.799. The van der Waals surface area contributed by atoms with Crippen molar-refractivity contribution >= 4 is 17.5 Å². The van der Waals surface area contributed by atoms with Crippen LogP contribution in [0.25, 0.3) is 0 Å². The minimum atomic E-state index is -4.37. The van der Waals surface area contributed by atoms with E-state index in [2.05, 4.69) is 0 Å². The maximum Gasteiger partial charge on any atom is 0.416 e. The van der Waals surface area contributed by atoms with Gasteiger partial charge in [0.15, 0.2) is 0 Å². The molecule has 34 heavy (non-hydrogen) atoms. The number of alkyl halides is 3. The molecule has 0 radical (unpaired) electrons. The summed E-state index contributed by atoms with van der Waals surface area (Å²) >= 11 is 5.96. The number of nitrogens with zero attached hydrogens (tertiary/aromatic N) is 1. The predicted molar refractivity (Wildman–Crippen MR) is 124 cm³/mol. The summed E-state index contributed by atoms with van der Waals surface area (Å²) in [6, 6.07) is 11.9. The highest BCUT2D eigenvalue weighted by Crippen LogP contribution is 2.40. The second-order valence-electron chi connectivity index (χ2n) is 9.44. The standard InChI is InChI=1S/C26H29ClF3NO3/c27-22-7-3-20(4-8-22)25(33)13-11-19(12-14-25)24(32)31-15-1-2-18(16-31)17-34-23-9-5-21(6-10-23)26(28,29)30/h3-10,18-19,33H,1-2,11-17H2. The topological polar surface area (TPSA) is 49.8 Å². The highest BCUT2D eigenvalue weighted by atomic mass is 35.5. The second kappa shape index (κ2) is 10.2. The number of ether oxygens (including phenoxy) is 1. The Hall–Kier alpha value is -2.25. The first-order valence-corrected chi connectivity index (χ1v) is 12.1. The number of hydrogen-bond donors (Lipinski definition) is 1. The van der Waals surface area contributed by atoms with Crippen molar-refractivity contribution in [2.24, 2.45) is 11.8 Å². The van der Waals surface area contributed by atoms with E-state index >= 15 is 0 Å². The minimum absolute atomic E-state index is 0.109. The fourth-order valence-corrected chi connectivity index (χ4v) is 5.13. The van der Waals surface area contributed by atoms with Crippen LogP contribution in [0.5, 0.6) is 5.75 Å². The molecule has 4 rings (SSSR count). The van der Waals surface area contributed by atoms with Crippen LogP contribution < -0.4 is 4.74 Å². The van der Waals surface area contributed by atoms with E-state index in [4.69, 9.17) is 16.3 Å². The highest BCUT2D eigenvalue weighted by Gasteiger charge is 2.39. The molecule has 2 aromatic rings. The van der Waals surface area contributed by atoms with Crippen LogP contribution in [0.3, 0.4) is 0 Å². The van der Waals surface area contributed by atoms with Gasteiger partial charge in [-0.1, -0.05) is 23.7 Å². The monoisotopic (exact) mass is 495 g/mol. The molecule has 1 N–H and O–H groups in total. The highest BCUT2D eigenvalue weighted by molar-refractivity contribution is 6.30. The van der Waals surface area contributed by atoms with Gasteiger partial charge in [-0.15, -0.1) is 0 Å². The van der Waals surface area contributed by atoms with Gasteiger partial charge < -0.3 is 14.7 Å². The van der Waals surface area contributed by atoms with Crippen molar-refractivity contribution in [3.8, 4) is 5.75 Å². The Bertz CT molecular complexity index is 970. The van der Waals surface area contributed by atoms with Gasteiger partial charge in [0.25, 0.3) is 0 Å². The number of benzene rings is 2. The number of aliphatic hydroxyl groups is 1. The molecule has 8 heteroatoms. The van der Waals surface area contributed by atoms with Crippen LogP contribution in [-0.4, -0.2) is 35.6 Å². The van der Waals surface area contributed by atoms with E-state index in [1.54, 1.807) is 12.1 Å². The van der Waals surface area contributed by atoms with Crippen LogP contribution >= 0.6 is 11.6 Å². The summed E-state index contributed by atoms with van der Waals surface area (Å²) in [6.45, 7) is 1.64. The smallest absolute Gasteiger partial charge is 0.416 e. The molecule has 2 fully saturated rings. The van der Waals surface area contributed by atoms with Gasteiger partial charge in [-0.3, -0.25) is 4.79 Å². The van der Waals surface area contributed by atoms with Gasteiger partial charge in [0.2, 0.25) is 5.91 Å². The van der Waals surface area contributed by atoms with Gasteiger partial charge in [0, 0.05) is 29.9 Å². The molecule has 1 atom stereocenters. The van der Waals surface area contributed by atoms with Crippen LogP contribution in [-0.2, 0) is 16.6 Å². The number of likely N-dealkylation sites (tertiary alicyclic amines) is 1. The van der Waals surface area contributed by atoms with E-state index in [0.29, 0.717) is 56.2 Å². The van der Waals surface area contributed by atoms with E-state index < -0.39 is 17.3 Å². The van der Waals surface area contributed by atoms with Crippen molar-refractivity contribution in [1.29, 1.82) is 0 Å². The van der Waals surface area contributed by atoms with Crippen LogP contribution in [0.1, 0.15) is 49.7 Å². The largest absolute Gasteiger partial charge is 0.493 e. The zero-order chi connectivity index (χ0) is 24.3. The van der Waals surface area contributed by atoms with Gasteiger partial charge in [-0.05, 0) is 80.5 Å². The Morgan fingerprint density at radius 3 is 2.32 bits per heavy atom. The summed E-state index contributed by atoms with van der Waals surface area (Å²) in [7, 11) is 0. The van der Waals surface area contributed by atoms with Crippen molar-refractivity contribution in [3.63, 3.8) is 0 Å². The molecule has 0 aromatic heterocycles. The number of carbonyl (C=O) groups excluding carboxylic acids is 1. The second-order valence-corrected chi connectivity index (χ2v) is 9.87.